The summed E-state index contributed by atoms with van der Waals surface area (Å²) in [4.78, 5) is 42.8. The maximum absolute atomic E-state index is 12.4. The maximum atomic E-state index is 12.4. The average molecular weight is 741 g/mol. The van der Waals surface area contributed by atoms with Crippen LogP contribution in [0.4, 0.5) is 0 Å². The molecule has 0 saturated heterocycles. The predicted octanol–water partition coefficient (Wildman–Crippen LogP) is 12.6. The summed E-state index contributed by atoms with van der Waals surface area (Å²) in [5.41, 5.74) is 0. The van der Waals surface area contributed by atoms with Gasteiger partial charge in [-0.25, -0.2) is 4.57 Å². The molecule has 0 spiro atoms. The molecule has 0 amide bonds. The molecule has 2 N–H and O–H groups in total. The number of allylic oxidation sites excluding steroid dienone is 6. The van der Waals surface area contributed by atoms with E-state index in [1.54, 1.807) is 0 Å². The second kappa shape index (κ2) is 38.0. The Morgan fingerprint density at radius 1 is 0.529 bits per heavy atom. The van der Waals surface area contributed by atoms with E-state index in [1.807, 2.05) is 0 Å². The third-order valence-corrected chi connectivity index (χ3v) is 9.41. The first kappa shape index (κ1) is 49.3. The Balaban J connectivity index is 3.91. The highest BCUT2D eigenvalue weighted by Crippen LogP contribution is 2.36. The summed E-state index contributed by atoms with van der Waals surface area (Å²) in [5, 5.41) is 0. The average Bonchev–Trinajstić information content (AvgIpc) is 3.10. The predicted molar refractivity (Wildman–Crippen MR) is 211 cm³/mol. The normalized spacial score (nSPS) is 12.8. The second-order valence-corrected chi connectivity index (χ2v) is 15.2. The lowest BCUT2D eigenvalue weighted by atomic mass is 10.0. The zero-order valence-corrected chi connectivity index (χ0v) is 33.6. The Hall–Kier alpha value is -1.73. The van der Waals surface area contributed by atoms with E-state index in [-0.39, 0.29) is 19.4 Å². The minimum atomic E-state index is -4.76. The summed E-state index contributed by atoms with van der Waals surface area (Å²) in [6, 6.07) is 0. The van der Waals surface area contributed by atoms with Gasteiger partial charge in [-0.2, -0.15) is 0 Å². The molecule has 0 aliphatic rings. The van der Waals surface area contributed by atoms with Gasteiger partial charge in [-0.05, 0) is 44.9 Å². The van der Waals surface area contributed by atoms with Crippen molar-refractivity contribution in [2.75, 3.05) is 13.2 Å². The van der Waals surface area contributed by atoms with E-state index in [0.717, 1.165) is 70.6 Å². The van der Waals surface area contributed by atoms with E-state index in [2.05, 4.69) is 54.8 Å². The summed E-state index contributed by atoms with van der Waals surface area (Å²) in [5.74, 6) is -0.898. The lowest BCUT2D eigenvalue weighted by Gasteiger charge is -2.18. The van der Waals surface area contributed by atoms with Gasteiger partial charge in [-0.1, -0.05) is 179 Å². The van der Waals surface area contributed by atoms with Gasteiger partial charge < -0.3 is 19.3 Å². The molecule has 51 heavy (non-hydrogen) atoms. The van der Waals surface area contributed by atoms with Gasteiger partial charge in [0.1, 0.15) is 6.61 Å². The third-order valence-electron chi connectivity index (χ3n) is 8.92. The molecule has 9 heteroatoms. The molecule has 0 aliphatic heterocycles. The monoisotopic (exact) mass is 741 g/mol. The number of esters is 2. The van der Waals surface area contributed by atoms with Gasteiger partial charge in [0.2, 0.25) is 0 Å². The van der Waals surface area contributed by atoms with Crippen LogP contribution in [0.2, 0.25) is 0 Å². The minimum absolute atomic E-state index is 0.194. The highest BCUT2D eigenvalue weighted by Gasteiger charge is 2.22. The fourth-order valence-corrected chi connectivity index (χ4v) is 6.22. The Morgan fingerprint density at radius 2 is 0.941 bits per heavy atom. The highest BCUT2D eigenvalue weighted by atomic mass is 31.2. The lowest BCUT2D eigenvalue weighted by molar-refractivity contribution is -0.161. The fraction of sp³-hybridized carbons (Fsp3) is 0.810. The molecule has 0 fully saturated rings. The van der Waals surface area contributed by atoms with E-state index in [0.29, 0.717) is 6.42 Å². The van der Waals surface area contributed by atoms with Crippen molar-refractivity contribution in [3.05, 3.63) is 36.5 Å². The Kier molecular flexibility index (Phi) is 36.7. The quantitative estimate of drug-likeness (QED) is 0.0278. The van der Waals surface area contributed by atoms with Crippen LogP contribution in [0.5, 0.6) is 0 Å². The zero-order valence-electron chi connectivity index (χ0n) is 32.8. The van der Waals surface area contributed by atoms with E-state index < -0.39 is 32.5 Å². The van der Waals surface area contributed by atoms with E-state index in [4.69, 9.17) is 19.3 Å². The molecule has 0 unspecified atom stereocenters. The number of carbonyl (C=O) groups excluding carboxylic acids is 2. The van der Waals surface area contributed by atoms with Crippen LogP contribution in [0.3, 0.4) is 0 Å². The van der Waals surface area contributed by atoms with E-state index in [1.165, 1.54) is 96.3 Å². The maximum Gasteiger partial charge on any atom is 0.469 e. The first-order valence-electron chi connectivity index (χ1n) is 20.8. The largest absolute Gasteiger partial charge is 0.469 e. The Labute approximate surface area is 312 Å². The Bertz CT molecular complexity index is 926. The number of phosphoric ester groups is 1. The summed E-state index contributed by atoms with van der Waals surface area (Å²) in [7, 11) is -4.76. The molecule has 0 saturated carbocycles. The van der Waals surface area contributed by atoms with Crippen LogP contribution in [0.25, 0.3) is 0 Å². The van der Waals surface area contributed by atoms with Gasteiger partial charge in [0.15, 0.2) is 6.10 Å². The third kappa shape index (κ3) is 40.9. The number of phosphoric acid groups is 1. The molecule has 0 bridgehead atoms. The van der Waals surface area contributed by atoms with Crippen LogP contribution in [-0.4, -0.2) is 41.0 Å². The molecule has 0 aliphatic carbocycles. The van der Waals surface area contributed by atoms with Gasteiger partial charge in [0, 0.05) is 12.8 Å². The molecule has 0 rings (SSSR count). The van der Waals surface area contributed by atoms with Gasteiger partial charge in [-0.3, -0.25) is 14.1 Å². The van der Waals surface area contributed by atoms with Crippen molar-refractivity contribution in [2.24, 2.45) is 0 Å². The number of ether oxygens (including phenoxy) is 2. The molecule has 0 aromatic carbocycles. The van der Waals surface area contributed by atoms with Crippen LogP contribution in [0.1, 0.15) is 200 Å². The van der Waals surface area contributed by atoms with Crippen LogP contribution in [0.15, 0.2) is 36.5 Å². The van der Waals surface area contributed by atoms with Crippen molar-refractivity contribution in [2.45, 2.75) is 206 Å². The SMILES string of the molecule is CC/C=C/C/C=C/C/C=C/CCCCCCCC(=O)O[C@H](COC(=O)CCCCCCCCCCCCCCCCCCCC)COP(=O)(O)O. The smallest absolute Gasteiger partial charge is 0.462 e. The number of rotatable bonds is 38. The molecule has 0 aromatic heterocycles. The molecule has 298 valence electrons. The number of hydrogen-bond donors (Lipinski definition) is 2. The highest BCUT2D eigenvalue weighted by molar-refractivity contribution is 7.46. The Morgan fingerprint density at radius 3 is 1.41 bits per heavy atom. The van der Waals surface area contributed by atoms with Crippen molar-refractivity contribution in [1.29, 1.82) is 0 Å². The van der Waals surface area contributed by atoms with Crippen molar-refractivity contribution in [1.82, 2.24) is 0 Å². The number of unbranched alkanes of at least 4 members (excludes halogenated alkanes) is 22. The van der Waals surface area contributed by atoms with Crippen LogP contribution >= 0.6 is 7.82 Å². The molecule has 0 aromatic rings. The van der Waals surface area contributed by atoms with Crippen molar-refractivity contribution >= 4 is 19.8 Å². The standard InChI is InChI=1S/C42H77O8P/c1-3-5-7-9-11-13-15-17-19-20-21-23-24-26-28-30-32-34-36-41(43)48-38-40(39-49-51(45,46)47)50-42(44)37-35-33-31-29-27-25-22-18-16-14-12-10-8-6-4-2/h6,8,12,14,18,22,40H,3-5,7,9-11,13,15-17,19-21,23-39H2,1-2H3,(H2,45,46,47)/b8-6+,14-12+,22-18+/t40-/m1/s1. The van der Waals surface area contributed by atoms with Crippen molar-refractivity contribution in [3.8, 4) is 0 Å². The minimum Gasteiger partial charge on any atom is -0.462 e. The summed E-state index contributed by atoms with van der Waals surface area (Å²) >= 11 is 0. The van der Waals surface area contributed by atoms with Gasteiger partial charge >= 0.3 is 19.8 Å². The second-order valence-electron chi connectivity index (χ2n) is 13.9. The molecule has 8 nitrogen and oxygen atoms in total. The molecular formula is C42H77O8P. The van der Waals surface area contributed by atoms with Crippen molar-refractivity contribution in [3.63, 3.8) is 0 Å². The van der Waals surface area contributed by atoms with E-state index in [9.17, 15) is 14.2 Å². The fourth-order valence-electron chi connectivity index (χ4n) is 5.86. The molecule has 0 heterocycles. The topological polar surface area (TPSA) is 119 Å². The van der Waals surface area contributed by atoms with Crippen LogP contribution in [-0.2, 0) is 28.2 Å². The summed E-state index contributed by atoms with van der Waals surface area (Å²) in [6.07, 6.45) is 44.4. The summed E-state index contributed by atoms with van der Waals surface area (Å²) in [6.45, 7) is 3.57. The molecular weight excluding hydrogens is 663 g/mol. The van der Waals surface area contributed by atoms with Gasteiger partial charge in [0.25, 0.3) is 0 Å². The van der Waals surface area contributed by atoms with Crippen LogP contribution < -0.4 is 0 Å². The van der Waals surface area contributed by atoms with Crippen LogP contribution in [0, 0.1) is 0 Å². The zero-order chi connectivity index (χ0) is 37.5. The number of carbonyl (C=O) groups is 2. The first-order valence-corrected chi connectivity index (χ1v) is 22.3. The van der Waals surface area contributed by atoms with E-state index >= 15 is 0 Å². The number of hydrogen-bond acceptors (Lipinski definition) is 6. The molecule has 1 atom stereocenters. The van der Waals surface area contributed by atoms with Gasteiger partial charge in [0.05, 0.1) is 6.61 Å². The molecule has 0 radical (unpaired) electrons. The van der Waals surface area contributed by atoms with Gasteiger partial charge in [-0.15, -0.1) is 0 Å². The lowest BCUT2D eigenvalue weighted by Crippen LogP contribution is -2.29. The van der Waals surface area contributed by atoms with Crippen molar-refractivity contribution < 1.29 is 37.9 Å². The summed E-state index contributed by atoms with van der Waals surface area (Å²) < 4.78 is 26.4. The first-order chi connectivity index (χ1) is 24.8.